The maximum atomic E-state index is 13.7. The first-order chi connectivity index (χ1) is 20.9. The summed E-state index contributed by atoms with van der Waals surface area (Å²) in [6.07, 6.45) is 2.87. The normalized spacial score (nSPS) is 33.9. The van der Waals surface area contributed by atoms with Crippen molar-refractivity contribution in [1.29, 1.82) is 0 Å². The highest BCUT2D eigenvalue weighted by molar-refractivity contribution is 14.1. The minimum Gasteiger partial charge on any atom is -0.445 e. The van der Waals surface area contributed by atoms with Crippen LogP contribution in [0.5, 0.6) is 0 Å². The number of amides is 2. The van der Waals surface area contributed by atoms with Gasteiger partial charge < -0.3 is 24.2 Å². The van der Waals surface area contributed by atoms with Gasteiger partial charge in [0, 0.05) is 44.8 Å². The number of likely N-dealkylation sites (tertiary alicyclic amines) is 1. The summed E-state index contributed by atoms with van der Waals surface area (Å²) in [4.78, 5) is 30.6. The zero-order chi connectivity index (χ0) is 29.7. The summed E-state index contributed by atoms with van der Waals surface area (Å²) < 4.78 is 17.9. The van der Waals surface area contributed by atoms with Gasteiger partial charge in [0.25, 0.3) is 0 Å². The number of aromatic nitrogens is 1. The second-order valence-corrected chi connectivity index (χ2v) is 13.4. The summed E-state index contributed by atoms with van der Waals surface area (Å²) in [5.74, 6) is 1.05. The number of piperidine rings is 1. The molecular weight excluding hydrogens is 665 g/mol. The molecule has 1 aliphatic carbocycles. The number of nitrogens with zero attached hydrogens (tertiary/aromatic N) is 5. The highest BCUT2D eigenvalue weighted by Crippen LogP contribution is 2.63. The van der Waals surface area contributed by atoms with E-state index in [1.54, 1.807) is 0 Å². The van der Waals surface area contributed by atoms with Crippen LogP contribution in [0.4, 0.5) is 4.79 Å². The van der Waals surface area contributed by atoms with Gasteiger partial charge in [0.15, 0.2) is 0 Å². The Morgan fingerprint density at radius 1 is 1.23 bits per heavy atom. The topological polar surface area (TPSA) is 125 Å². The number of aryl methyl sites for hydroxylation is 1. The van der Waals surface area contributed by atoms with Gasteiger partial charge in [-0.05, 0) is 72.6 Å². The molecule has 1 saturated carbocycles. The molecule has 2 amide bonds. The predicted octanol–water partition coefficient (Wildman–Crippen LogP) is 2.98. The zero-order valence-corrected chi connectivity index (χ0v) is 26.6. The first kappa shape index (κ1) is 29.0. The Bertz CT molecular complexity index is 1380. The number of hydrogen-bond donors (Lipinski definition) is 2. The van der Waals surface area contributed by atoms with Crippen LogP contribution in [-0.2, 0) is 26.3 Å². The number of benzene rings is 1. The lowest BCUT2D eigenvalue weighted by atomic mass is 9.96. The molecule has 3 saturated heterocycles. The lowest BCUT2D eigenvalue weighted by Gasteiger charge is -2.48. The highest BCUT2D eigenvalue weighted by Gasteiger charge is 2.68. The van der Waals surface area contributed by atoms with Crippen LogP contribution in [0, 0.1) is 24.7 Å². The third kappa shape index (κ3) is 5.21. The van der Waals surface area contributed by atoms with E-state index in [0.717, 1.165) is 59.5 Å². The van der Waals surface area contributed by atoms with Crippen molar-refractivity contribution in [3.8, 4) is 0 Å². The number of nitrogens with one attached hydrogen (secondary N) is 2. The van der Waals surface area contributed by atoms with E-state index in [2.05, 4.69) is 43.3 Å². The molecular formula is C30H38IN7O5. The van der Waals surface area contributed by atoms with Crippen molar-refractivity contribution in [2.75, 3.05) is 33.3 Å². The average molecular weight is 704 g/mol. The number of hydrazone groups is 1. The van der Waals surface area contributed by atoms with Gasteiger partial charge in [-0.15, -0.1) is 0 Å². The van der Waals surface area contributed by atoms with Gasteiger partial charge in [-0.3, -0.25) is 15.0 Å². The van der Waals surface area contributed by atoms with Crippen LogP contribution in [0.1, 0.15) is 42.7 Å². The minimum atomic E-state index is -0.449. The lowest BCUT2D eigenvalue weighted by molar-refractivity contribution is -0.161. The molecule has 12 nitrogen and oxygen atoms in total. The fourth-order valence-corrected chi connectivity index (χ4v) is 8.45. The van der Waals surface area contributed by atoms with E-state index in [9.17, 15) is 9.59 Å². The fraction of sp³-hybridized carbons (Fsp3) is 0.600. The van der Waals surface area contributed by atoms with Gasteiger partial charge in [-0.1, -0.05) is 35.5 Å². The number of carbonyl (C=O) groups is 2. The van der Waals surface area contributed by atoms with Crippen LogP contribution < -0.4 is 10.6 Å². The number of halogens is 1. The molecule has 7 rings (SSSR count). The maximum Gasteiger partial charge on any atom is 0.407 e. The first-order valence-corrected chi connectivity index (χ1v) is 16.2. The number of rotatable bonds is 7. The molecule has 4 fully saturated rings. The zero-order valence-electron chi connectivity index (χ0n) is 24.4. The Morgan fingerprint density at radius 3 is 2.81 bits per heavy atom. The highest BCUT2D eigenvalue weighted by atomic mass is 127. The van der Waals surface area contributed by atoms with Crippen LogP contribution in [0.3, 0.4) is 0 Å². The van der Waals surface area contributed by atoms with Crippen molar-refractivity contribution in [1.82, 2.24) is 30.6 Å². The second kappa shape index (κ2) is 11.6. The molecule has 0 bridgehead atoms. The van der Waals surface area contributed by atoms with Crippen molar-refractivity contribution in [2.45, 2.75) is 63.3 Å². The largest absolute Gasteiger partial charge is 0.445 e. The Kier molecular flexibility index (Phi) is 7.84. The van der Waals surface area contributed by atoms with Crippen LogP contribution in [-0.4, -0.2) is 87.7 Å². The number of carbonyl (C=O) groups excluding carboxylic acids is 2. The fourth-order valence-electron chi connectivity index (χ4n) is 7.59. The van der Waals surface area contributed by atoms with E-state index >= 15 is 0 Å². The maximum absolute atomic E-state index is 13.7. The molecule has 5 aliphatic rings. The number of ether oxygens (including phenoxy) is 2. The van der Waals surface area contributed by atoms with Crippen LogP contribution in [0.25, 0.3) is 0 Å². The van der Waals surface area contributed by atoms with E-state index in [4.69, 9.17) is 19.1 Å². The SMILES string of the molecule is Cc1cc(C2(CNC(=O)OCc3ccccc3)C3CCN(C4NC5C(C(=O)N4C)C(I)=NN5C4CCCCO4)CC32)no1. The average Bonchev–Trinajstić information content (AvgIpc) is 3.24. The van der Waals surface area contributed by atoms with Crippen LogP contribution in [0.2, 0.25) is 0 Å². The molecule has 5 heterocycles. The van der Waals surface area contributed by atoms with E-state index in [0.29, 0.717) is 19.1 Å². The van der Waals surface area contributed by atoms with Crippen LogP contribution in [0.15, 0.2) is 46.0 Å². The quantitative estimate of drug-likeness (QED) is 0.419. The molecule has 230 valence electrons. The monoisotopic (exact) mass is 703 g/mol. The van der Waals surface area contributed by atoms with Gasteiger partial charge in [0.1, 0.15) is 40.7 Å². The Balaban J connectivity index is 1.05. The van der Waals surface area contributed by atoms with Crippen molar-refractivity contribution in [3.05, 3.63) is 53.4 Å². The lowest BCUT2D eigenvalue weighted by Crippen LogP contribution is -2.70. The van der Waals surface area contributed by atoms with Crippen LogP contribution >= 0.6 is 22.6 Å². The van der Waals surface area contributed by atoms with E-state index in [1.165, 1.54) is 0 Å². The van der Waals surface area contributed by atoms with E-state index in [1.807, 2.05) is 60.3 Å². The number of hydrogen-bond acceptors (Lipinski definition) is 10. The molecule has 1 aromatic heterocycles. The number of alkyl carbamates (subject to hydrolysis) is 1. The molecule has 7 atom stereocenters. The van der Waals surface area contributed by atoms with Gasteiger partial charge in [0.05, 0.1) is 5.69 Å². The molecule has 43 heavy (non-hydrogen) atoms. The van der Waals surface area contributed by atoms with Crippen molar-refractivity contribution in [2.24, 2.45) is 22.9 Å². The molecule has 7 unspecified atom stereocenters. The molecule has 0 radical (unpaired) electrons. The predicted molar refractivity (Wildman–Crippen MR) is 165 cm³/mol. The smallest absolute Gasteiger partial charge is 0.407 e. The molecule has 2 aromatic rings. The van der Waals surface area contributed by atoms with E-state index in [-0.39, 0.29) is 48.4 Å². The summed E-state index contributed by atoms with van der Waals surface area (Å²) >= 11 is 2.20. The van der Waals surface area contributed by atoms with Crippen molar-refractivity contribution in [3.63, 3.8) is 0 Å². The second-order valence-electron chi connectivity index (χ2n) is 12.3. The molecule has 2 N–H and O–H groups in total. The Morgan fingerprint density at radius 2 is 2.07 bits per heavy atom. The summed E-state index contributed by atoms with van der Waals surface area (Å²) in [6, 6.07) is 11.6. The van der Waals surface area contributed by atoms with Gasteiger partial charge >= 0.3 is 6.09 Å². The summed E-state index contributed by atoms with van der Waals surface area (Å²) in [6.45, 7) is 4.79. The molecule has 4 aliphatic heterocycles. The molecule has 13 heteroatoms. The molecule has 0 spiro atoms. The van der Waals surface area contributed by atoms with Crippen molar-refractivity contribution < 1.29 is 23.6 Å². The summed E-state index contributed by atoms with van der Waals surface area (Å²) in [5.41, 5.74) is 1.45. The summed E-state index contributed by atoms with van der Waals surface area (Å²) in [5, 5.41) is 18.0. The van der Waals surface area contributed by atoms with Gasteiger partial charge in [-0.25, -0.2) is 9.80 Å². The Hall–Kier alpha value is -2.75. The summed E-state index contributed by atoms with van der Waals surface area (Å²) in [7, 11) is 1.87. The number of fused-ring (bicyclic) bond motifs is 2. The Labute approximate surface area is 264 Å². The minimum absolute atomic E-state index is 0.0688. The van der Waals surface area contributed by atoms with Gasteiger partial charge in [-0.2, -0.15) is 5.10 Å². The first-order valence-electron chi connectivity index (χ1n) is 15.2. The third-order valence-electron chi connectivity index (χ3n) is 9.87. The van der Waals surface area contributed by atoms with E-state index < -0.39 is 6.09 Å². The standard InChI is InChI=1S/C30H38IN7O5/c1-18-14-22(35-43-18)30(17-32-29(40)42-16-19-8-4-3-5-9-19)20-11-12-37(15-21(20)30)28-33-26-24(27(39)36(28)2)25(31)34-38(26)23-10-6-7-13-41-23/h3-5,8-9,14,20-21,23-24,26,28,33H,6-7,10-13,15-17H2,1-2H3,(H,32,40). The third-order valence-corrected chi connectivity index (χ3v) is 10.8. The van der Waals surface area contributed by atoms with Gasteiger partial charge in [0.2, 0.25) is 5.91 Å². The molecule has 1 aromatic carbocycles. The van der Waals surface area contributed by atoms with Crippen molar-refractivity contribution >= 4 is 38.3 Å².